The summed E-state index contributed by atoms with van der Waals surface area (Å²) in [6, 6.07) is 2.23. The van der Waals surface area contributed by atoms with Crippen molar-refractivity contribution >= 4 is 11.3 Å². The van der Waals surface area contributed by atoms with Crippen LogP contribution in [-0.2, 0) is 17.7 Å². The maximum atomic E-state index is 5.01. The fourth-order valence-electron chi connectivity index (χ4n) is 1.54. The van der Waals surface area contributed by atoms with Gasteiger partial charge in [-0.1, -0.05) is 6.92 Å². The fourth-order valence-corrected chi connectivity index (χ4v) is 2.48. The van der Waals surface area contributed by atoms with Crippen LogP contribution in [0.25, 0.3) is 0 Å². The lowest BCUT2D eigenvalue weighted by molar-refractivity contribution is 0.192. The molecule has 0 radical (unpaired) electrons. The highest BCUT2D eigenvalue weighted by molar-refractivity contribution is 7.10. The molecule has 1 heterocycles. The van der Waals surface area contributed by atoms with Gasteiger partial charge in [-0.3, -0.25) is 0 Å². The minimum Gasteiger partial charge on any atom is -0.385 e. The van der Waals surface area contributed by atoms with Gasteiger partial charge in [-0.15, -0.1) is 11.3 Å². The van der Waals surface area contributed by atoms with Gasteiger partial charge in [0.1, 0.15) is 0 Å². The zero-order chi connectivity index (χ0) is 10.9. The molecule has 3 heteroatoms. The molecule has 0 bridgehead atoms. The van der Waals surface area contributed by atoms with Crippen molar-refractivity contribution in [2.45, 2.75) is 32.7 Å². The maximum Gasteiger partial charge on any atom is 0.0462 e. The van der Waals surface area contributed by atoms with Crippen LogP contribution < -0.4 is 5.32 Å². The zero-order valence-electron chi connectivity index (χ0n) is 9.71. The average molecular weight is 227 g/mol. The molecule has 0 aromatic carbocycles. The van der Waals surface area contributed by atoms with Gasteiger partial charge in [0.15, 0.2) is 0 Å². The predicted molar refractivity (Wildman–Crippen MR) is 66.5 cm³/mol. The molecule has 0 fully saturated rings. The monoisotopic (exact) mass is 227 g/mol. The standard InChI is InChI=1S/C12H21NOS/c1-3-11-6-9-15-12(11)10-13-7-4-5-8-14-2/h6,9,13H,3-5,7-8,10H2,1-2H3. The maximum absolute atomic E-state index is 5.01. The molecule has 0 amide bonds. The summed E-state index contributed by atoms with van der Waals surface area (Å²) in [5.74, 6) is 0. The number of aryl methyl sites for hydroxylation is 1. The molecule has 1 aromatic rings. The van der Waals surface area contributed by atoms with Gasteiger partial charge in [0, 0.05) is 25.1 Å². The van der Waals surface area contributed by atoms with Gasteiger partial charge in [0.25, 0.3) is 0 Å². The molecule has 86 valence electrons. The van der Waals surface area contributed by atoms with Crippen molar-refractivity contribution in [3.8, 4) is 0 Å². The highest BCUT2D eigenvalue weighted by Crippen LogP contribution is 2.16. The van der Waals surface area contributed by atoms with Crippen molar-refractivity contribution in [3.63, 3.8) is 0 Å². The topological polar surface area (TPSA) is 21.3 Å². The van der Waals surface area contributed by atoms with E-state index < -0.39 is 0 Å². The second kappa shape index (κ2) is 7.85. The highest BCUT2D eigenvalue weighted by atomic mass is 32.1. The first kappa shape index (κ1) is 12.7. The Bertz CT molecular complexity index is 260. The Balaban J connectivity index is 2.09. The van der Waals surface area contributed by atoms with E-state index >= 15 is 0 Å². The lowest BCUT2D eigenvalue weighted by Gasteiger charge is -2.04. The van der Waals surface area contributed by atoms with Gasteiger partial charge in [-0.2, -0.15) is 0 Å². The summed E-state index contributed by atoms with van der Waals surface area (Å²) < 4.78 is 5.01. The molecule has 1 aromatic heterocycles. The van der Waals surface area contributed by atoms with Crippen molar-refractivity contribution in [2.24, 2.45) is 0 Å². The third-order valence-corrected chi connectivity index (χ3v) is 3.42. The lowest BCUT2D eigenvalue weighted by Crippen LogP contribution is -2.15. The molecular formula is C12H21NOS. The van der Waals surface area contributed by atoms with Crippen LogP contribution >= 0.6 is 11.3 Å². The first-order valence-corrected chi connectivity index (χ1v) is 6.51. The predicted octanol–water partition coefficient (Wildman–Crippen LogP) is 2.83. The van der Waals surface area contributed by atoms with E-state index in [-0.39, 0.29) is 0 Å². The highest BCUT2D eigenvalue weighted by Gasteiger charge is 2.00. The van der Waals surface area contributed by atoms with Crippen molar-refractivity contribution in [2.75, 3.05) is 20.3 Å². The van der Waals surface area contributed by atoms with Crippen molar-refractivity contribution in [1.29, 1.82) is 0 Å². The summed E-state index contributed by atoms with van der Waals surface area (Å²) in [4.78, 5) is 1.49. The van der Waals surface area contributed by atoms with Gasteiger partial charge in [-0.25, -0.2) is 0 Å². The summed E-state index contributed by atoms with van der Waals surface area (Å²) in [7, 11) is 1.76. The minimum absolute atomic E-state index is 0.876. The molecule has 0 aliphatic rings. The summed E-state index contributed by atoms with van der Waals surface area (Å²) in [5.41, 5.74) is 1.49. The van der Waals surface area contributed by atoms with Crippen molar-refractivity contribution in [3.05, 3.63) is 21.9 Å². The molecule has 15 heavy (non-hydrogen) atoms. The minimum atomic E-state index is 0.876. The smallest absolute Gasteiger partial charge is 0.0462 e. The van der Waals surface area contributed by atoms with E-state index in [0.717, 1.165) is 32.5 Å². The lowest BCUT2D eigenvalue weighted by atomic mass is 10.2. The first-order chi connectivity index (χ1) is 7.38. The molecule has 0 saturated carbocycles. The van der Waals surface area contributed by atoms with E-state index in [0.29, 0.717) is 0 Å². The number of hydrogen-bond donors (Lipinski definition) is 1. The van der Waals surface area contributed by atoms with Gasteiger partial charge in [-0.05, 0) is 42.8 Å². The molecular weight excluding hydrogens is 206 g/mol. The Labute approximate surface area is 96.7 Å². The van der Waals surface area contributed by atoms with Crippen LogP contribution in [0.3, 0.4) is 0 Å². The third-order valence-electron chi connectivity index (χ3n) is 2.46. The van der Waals surface area contributed by atoms with E-state index in [1.54, 1.807) is 7.11 Å². The van der Waals surface area contributed by atoms with E-state index in [2.05, 4.69) is 23.7 Å². The number of ether oxygens (including phenoxy) is 1. The number of hydrogen-bond acceptors (Lipinski definition) is 3. The molecule has 1 N–H and O–H groups in total. The zero-order valence-corrected chi connectivity index (χ0v) is 10.5. The second-order valence-electron chi connectivity index (χ2n) is 3.60. The Morgan fingerprint density at radius 2 is 2.27 bits per heavy atom. The fraction of sp³-hybridized carbons (Fsp3) is 0.667. The Kier molecular flexibility index (Phi) is 6.64. The quantitative estimate of drug-likeness (QED) is 0.690. The molecule has 0 atom stereocenters. The Morgan fingerprint density at radius 3 is 3.00 bits per heavy atom. The van der Waals surface area contributed by atoms with Crippen LogP contribution in [0.15, 0.2) is 11.4 Å². The SMILES string of the molecule is CCc1ccsc1CNCCCCOC. The number of nitrogens with one attached hydrogen (secondary N) is 1. The molecule has 2 nitrogen and oxygen atoms in total. The van der Waals surface area contributed by atoms with Crippen LogP contribution in [0.1, 0.15) is 30.2 Å². The normalized spacial score (nSPS) is 10.8. The van der Waals surface area contributed by atoms with Crippen molar-refractivity contribution in [1.82, 2.24) is 5.32 Å². The molecule has 0 saturated heterocycles. The summed E-state index contributed by atoms with van der Waals surface area (Å²) in [6.45, 7) is 5.20. The van der Waals surface area contributed by atoms with Crippen LogP contribution in [0.2, 0.25) is 0 Å². The van der Waals surface area contributed by atoms with Crippen LogP contribution in [-0.4, -0.2) is 20.3 Å². The van der Waals surface area contributed by atoms with Crippen LogP contribution in [0, 0.1) is 0 Å². The van der Waals surface area contributed by atoms with Crippen LogP contribution in [0.4, 0.5) is 0 Å². The van der Waals surface area contributed by atoms with E-state index in [9.17, 15) is 0 Å². The molecule has 0 unspecified atom stereocenters. The van der Waals surface area contributed by atoms with E-state index in [1.165, 1.54) is 16.9 Å². The van der Waals surface area contributed by atoms with E-state index in [4.69, 9.17) is 4.74 Å². The van der Waals surface area contributed by atoms with Crippen molar-refractivity contribution < 1.29 is 4.74 Å². The summed E-state index contributed by atoms with van der Waals surface area (Å²) in [6.07, 6.45) is 3.49. The Hall–Kier alpha value is -0.380. The number of methoxy groups -OCH3 is 1. The molecule has 0 spiro atoms. The number of thiophene rings is 1. The molecule has 0 aliphatic carbocycles. The summed E-state index contributed by atoms with van der Waals surface area (Å²) >= 11 is 1.86. The largest absolute Gasteiger partial charge is 0.385 e. The van der Waals surface area contributed by atoms with E-state index in [1.807, 2.05) is 11.3 Å². The number of rotatable bonds is 8. The summed E-state index contributed by atoms with van der Waals surface area (Å²) in [5, 5.41) is 5.66. The van der Waals surface area contributed by atoms with Gasteiger partial charge < -0.3 is 10.1 Å². The molecule has 0 aliphatic heterocycles. The average Bonchev–Trinajstić information content (AvgIpc) is 2.70. The van der Waals surface area contributed by atoms with Gasteiger partial charge in [0.2, 0.25) is 0 Å². The van der Waals surface area contributed by atoms with Crippen LogP contribution in [0.5, 0.6) is 0 Å². The third kappa shape index (κ3) is 4.78. The first-order valence-electron chi connectivity index (χ1n) is 5.63. The van der Waals surface area contributed by atoms with Gasteiger partial charge >= 0.3 is 0 Å². The Morgan fingerprint density at radius 1 is 1.40 bits per heavy atom. The number of unbranched alkanes of at least 4 members (excludes halogenated alkanes) is 1. The second-order valence-corrected chi connectivity index (χ2v) is 4.60. The molecule has 1 rings (SSSR count). The van der Waals surface area contributed by atoms with Gasteiger partial charge in [0.05, 0.1) is 0 Å².